The van der Waals surface area contributed by atoms with Crippen LogP contribution in [0.4, 0.5) is 5.69 Å². The van der Waals surface area contributed by atoms with Crippen molar-refractivity contribution in [1.29, 1.82) is 0 Å². The molecular weight excluding hydrogens is 426 g/mol. The van der Waals surface area contributed by atoms with Gasteiger partial charge in [-0.1, -0.05) is 12.2 Å². The summed E-state index contributed by atoms with van der Waals surface area (Å²) in [5.74, 6) is -0.342. The molecule has 0 aliphatic carbocycles. The molecule has 2 aromatic carbocycles. The Morgan fingerprint density at radius 3 is 2.61 bits per heavy atom. The predicted molar refractivity (Wildman–Crippen MR) is 122 cm³/mol. The average Bonchev–Trinajstić information content (AvgIpc) is 2.76. The lowest BCUT2D eigenvalue weighted by Gasteiger charge is -2.16. The topological polar surface area (TPSA) is 116 Å². The fourth-order valence-electron chi connectivity index (χ4n) is 3.58. The Hall–Kier alpha value is -3.68. The van der Waals surface area contributed by atoms with Crippen LogP contribution in [0.2, 0.25) is 0 Å². The van der Waals surface area contributed by atoms with E-state index >= 15 is 0 Å². The van der Waals surface area contributed by atoms with Crippen LogP contribution in [-0.4, -0.2) is 27.9 Å². The van der Waals surface area contributed by atoms with Crippen LogP contribution in [0.1, 0.15) is 66.9 Å². The minimum Gasteiger partial charge on any atom is -0.507 e. The van der Waals surface area contributed by atoms with Gasteiger partial charge in [0.2, 0.25) is 0 Å². The molecule has 8 heteroatoms. The number of esters is 1. The van der Waals surface area contributed by atoms with E-state index in [1.54, 1.807) is 31.2 Å². The zero-order valence-electron chi connectivity index (χ0n) is 18.5. The van der Waals surface area contributed by atoms with Crippen molar-refractivity contribution in [3.8, 4) is 11.5 Å². The van der Waals surface area contributed by atoms with Crippen LogP contribution in [0, 0.1) is 10.1 Å². The molecule has 8 nitrogen and oxygen atoms in total. The lowest BCUT2D eigenvalue weighted by molar-refractivity contribution is -0.384. The van der Waals surface area contributed by atoms with Crippen molar-refractivity contribution in [2.45, 2.75) is 58.2 Å². The molecule has 0 saturated heterocycles. The number of benzene rings is 2. The molecule has 0 radical (unpaired) electrons. The second-order valence-corrected chi connectivity index (χ2v) is 8.06. The number of hydrogen-bond acceptors (Lipinski definition) is 7. The number of non-ortho nitro benzene ring substituents is 1. The van der Waals surface area contributed by atoms with Crippen molar-refractivity contribution >= 4 is 23.5 Å². The molecule has 1 heterocycles. The molecule has 0 spiro atoms. The van der Waals surface area contributed by atoms with Gasteiger partial charge in [-0.2, -0.15) is 0 Å². The van der Waals surface area contributed by atoms with Gasteiger partial charge in [-0.25, -0.2) is 4.79 Å². The normalized spacial score (nSPS) is 18.5. The third kappa shape index (κ3) is 6.90. The molecule has 1 aliphatic rings. The number of allylic oxidation sites excluding steroid dienone is 1. The van der Waals surface area contributed by atoms with Crippen LogP contribution in [0.25, 0.3) is 6.08 Å². The summed E-state index contributed by atoms with van der Waals surface area (Å²) < 4.78 is 11.3. The maximum Gasteiger partial charge on any atom is 0.342 e. The van der Waals surface area contributed by atoms with Gasteiger partial charge in [0, 0.05) is 31.0 Å². The second-order valence-electron chi connectivity index (χ2n) is 8.06. The molecule has 174 valence electrons. The van der Waals surface area contributed by atoms with E-state index in [0.717, 1.165) is 0 Å². The highest BCUT2D eigenvalue weighted by molar-refractivity contribution is 5.97. The Balaban J connectivity index is 1.82. The number of ketones is 1. The lowest BCUT2D eigenvalue weighted by atomic mass is 10.0. The maximum atomic E-state index is 12.8. The van der Waals surface area contributed by atoms with Crippen molar-refractivity contribution in [3.05, 3.63) is 69.3 Å². The Morgan fingerprint density at radius 1 is 1.15 bits per heavy atom. The molecule has 0 bridgehead atoms. The zero-order chi connectivity index (χ0) is 23.8. The van der Waals surface area contributed by atoms with E-state index in [1.807, 2.05) is 6.08 Å². The summed E-state index contributed by atoms with van der Waals surface area (Å²) in [6.45, 7) is 1.89. The zero-order valence-corrected chi connectivity index (χ0v) is 18.5. The quantitative estimate of drug-likeness (QED) is 0.376. The average molecular weight is 453 g/mol. The third-order valence-electron chi connectivity index (χ3n) is 5.38. The lowest BCUT2D eigenvalue weighted by Crippen LogP contribution is -2.17. The van der Waals surface area contributed by atoms with Crippen molar-refractivity contribution in [2.24, 2.45) is 0 Å². The summed E-state index contributed by atoms with van der Waals surface area (Å²) in [6.07, 6.45) is 6.76. The van der Waals surface area contributed by atoms with Crippen LogP contribution < -0.4 is 4.74 Å². The molecular formula is C25H27NO7. The summed E-state index contributed by atoms with van der Waals surface area (Å²) in [6, 6.07) is 8.97. The predicted octanol–water partition coefficient (Wildman–Crippen LogP) is 5.36. The summed E-state index contributed by atoms with van der Waals surface area (Å²) in [5.41, 5.74) is 1.22. The van der Waals surface area contributed by atoms with Crippen LogP contribution in [-0.2, 0) is 16.1 Å². The molecule has 0 saturated carbocycles. The molecule has 2 aromatic rings. The number of aromatic hydroxyl groups is 1. The monoisotopic (exact) mass is 453 g/mol. The number of Topliss-reactive ketones (excluding diaryl/α,β-unsaturated/α-hetero) is 1. The van der Waals surface area contributed by atoms with Crippen molar-refractivity contribution in [2.75, 3.05) is 0 Å². The first kappa shape index (κ1) is 24.0. The van der Waals surface area contributed by atoms with Crippen LogP contribution >= 0.6 is 0 Å². The number of phenols is 1. The number of carbonyl (C=O) groups excluding carboxylic acids is 2. The van der Waals surface area contributed by atoms with Gasteiger partial charge in [0.15, 0.2) is 0 Å². The first-order valence-electron chi connectivity index (χ1n) is 11.0. The Morgan fingerprint density at radius 2 is 1.88 bits per heavy atom. The van der Waals surface area contributed by atoms with Gasteiger partial charge >= 0.3 is 5.97 Å². The number of nitro benzene ring substituents is 1. The molecule has 1 N–H and O–H groups in total. The van der Waals surface area contributed by atoms with Gasteiger partial charge in [-0.05, 0) is 61.9 Å². The van der Waals surface area contributed by atoms with E-state index in [9.17, 15) is 24.8 Å². The number of rotatable bonds is 4. The summed E-state index contributed by atoms with van der Waals surface area (Å²) in [5, 5.41) is 21.4. The summed E-state index contributed by atoms with van der Waals surface area (Å²) in [4.78, 5) is 35.0. The van der Waals surface area contributed by atoms with Crippen molar-refractivity contribution in [1.82, 2.24) is 0 Å². The Bertz CT molecular complexity index is 1040. The highest BCUT2D eigenvalue weighted by Gasteiger charge is 2.21. The van der Waals surface area contributed by atoms with Crippen molar-refractivity contribution < 1.29 is 29.1 Å². The fraction of sp³-hybridized carbons (Fsp3) is 0.360. The van der Waals surface area contributed by atoms with E-state index in [0.29, 0.717) is 55.4 Å². The smallest absolute Gasteiger partial charge is 0.342 e. The first-order valence-corrected chi connectivity index (χ1v) is 11.0. The Kier molecular flexibility index (Phi) is 8.18. The number of fused-ring (bicyclic) bond motifs is 1. The van der Waals surface area contributed by atoms with Gasteiger partial charge in [0.05, 0.1) is 11.0 Å². The van der Waals surface area contributed by atoms with Crippen LogP contribution in [0.5, 0.6) is 11.5 Å². The molecule has 0 aromatic heterocycles. The van der Waals surface area contributed by atoms with Gasteiger partial charge in [0.1, 0.15) is 29.5 Å². The van der Waals surface area contributed by atoms with Gasteiger partial charge in [-0.15, -0.1) is 0 Å². The van der Waals surface area contributed by atoms with E-state index in [1.165, 1.54) is 18.2 Å². The maximum absolute atomic E-state index is 12.8. The Labute approximate surface area is 192 Å². The molecule has 3 rings (SSSR count). The summed E-state index contributed by atoms with van der Waals surface area (Å²) >= 11 is 0. The van der Waals surface area contributed by atoms with E-state index in [4.69, 9.17) is 9.47 Å². The number of carbonyl (C=O) groups is 2. The van der Waals surface area contributed by atoms with E-state index in [-0.39, 0.29) is 35.5 Å². The highest BCUT2D eigenvalue weighted by atomic mass is 16.6. The number of ether oxygens (including phenoxy) is 2. The first-order chi connectivity index (χ1) is 15.8. The number of hydrogen-bond donors (Lipinski definition) is 1. The summed E-state index contributed by atoms with van der Waals surface area (Å²) in [7, 11) is 0. The van der Waals surface area contributed by atoms with Crippen LogP contribution in [0.3, 0.4) is 0 Å². The van der Waals surface area contributed by atoms with E-state index in [2.05, 4.69) is 0 Å². The van der Waals surface area contributed by atoms with Crippen LogP contribution in [0.15, 0.2) is 42.5 Å². The van der Waals surface area contributed by atoms with Gasteiger partial charge in [-0.3, -0.25) is 14.9 Å². The standard InChI is InChI=1S/C25H27NO7/c1-17-6-5-9-21(27)8-4-2-3-7-19-14-22(15-23(28)24(19)25(29)33-17)32-16-18-10-12-20(13-11-18)26(30)31/h3,7,10-15,17,28H,2,4-6,8-9,16H2,1H3/b7-3+/t17-/m0/s1. The van der Waals surface area contributed by atoms with E-state index < -0.39 is 10.9 Å². The molecule has 33 heavy (non-hydrogen) atoms. The number of cyclic esters (lactones) is 1. The molecule has 0 fully saturated rings. The number of nitro groups is 1. The third-order valence-corrected chi connectivity index (χ3v) is 5.38. The molecule has 0 unspecified atom stereocenters. The highest BCUT2D eigenvalue weighted by Crippen LogP contribution is 2.31. The second kappa shape index (κ2) is 11.3. The number of nitrogens with zero attached hydrogens (tertiary/aromatic N) is 1. The largest absolute Gasteiger partial charge is 0.507 e. The van der Waals surface area contributed by atoms with Gasteiger partial charge < -0.3 is 14.6 Å². The molecule has 1 aliphatic heterocycles. The minimum atomic E-state index is -0.634. The fourth-order valence-corrected chi connectivity index (χ4v) is 3.58. The SMILES string of the molecule is C[C@H]1CCCC(=O)CCC/C=C/c2cc(OCc3ccc([N+](=O)[O-])cc3)cc(O)c2C(=O)O1. The van der Waals surface area contributed by atoms with Gasteiger partial charge in [0.25, 0.3) is 5.69 Å². The minimum absolute atomic E-state index is 0.0118. The molecule has 1 atom stereocenters. The van der Waals surface area contributed by atoms with Crippen molar-refractivity contribution in [3.63, 3.8) is 0 Å². The molecule has 0 amide bonds. The number of phenolic OH excluding ortho intramolecular Hbond substituents is 1.